The minimum atomic E-state index is -4.43. The lowest BCUT2D eigenvalue weighted by molar-refractivity contribution is -0.137. The first-order valence-corrected chi connectivity index (χ1v) is 6.60. The molecule has 120 valence electrons. The number of hydrogen-bond donors (Lipinski definition) is 2. The summed E-state index contributed by atoms with van der Waals surface area (Å²) in [6, 6.07) is 4.73. The van der Waals surface area contributed by atoms with Gasteiger partial charge in [-0.25, -0.2) is 0 Å². The number of amides is 1. The van der Waals surface area contributed by atoms with Gasteiger partial charge in [0.15, 0.2) is 5.82 Å². The number of aromatic amines is 1. The highest BCUT2D eigenvalue weighted by atomic mass is 19.4. The molecule has 0 aliphatic carbocycles. The number of carbonyl (C=O) groups excluding carboxylic acids is 1. The fraction of sp³-hybridized carbons (Fsp3) is 0.214. The van der Waals surface area contributed by atoms with Gasteiger partial charge >= 0.3 is 6.18 Å². The van der Waals surface area contributed by atoms with Crippen molar-refractivity contribution in [2.45, 2.75) is 19.6 Å². The van der Waals surface area contributed by atoms with E-state index in [2.05, 4.69) is 20.4 Å². The van der Waals surface area contributed by atoms with Crippen molar-refractivity contribution < 1.29 is 22.5 Å². The Kier molecular flexibility index (Phi) is 3.55. The molecule has 0 aliphatic rings. The number of aromatic nitrogens is 3. The van der Waals surface area contributed by atoms with Gasteiger partial charge < -0.3 is 14.8 Å². The van der Waals surface area contributed by atoms with Crippen molar-refractivity contribution in [1.82, 2.24) is 20.4 Å². The molecular weight excluding hydrogens is 313 g/mol. The van der Waals surface area contributed by atoms with Gasteiger partial charge in [-0.15, -0.1) is 0 Å². The third kappa shape index (κ3) is 3.17. The Hall–Kier alpha value is -2.84. The molecule has 0 saturated carbocycles. The van der Waals surface area contributed by atoms with Gasteiger partial charge in [-0.2, -0.15) is 18.2 Å². The number of fused-ring (bicyclic) bond motifs is 1. The molecule has 0 atom stereocenters. The highest BCUT2D eigenvalue weighted by Crippen LogP contribution is 2.31. The monoisotopic (exact) mass is 324 g/mol. The van der Waals surface area contributed by atoms with Crippen molar-refractivity contribution in [3.05, 3.63) is 47.2 Å². The van der Waals surface area contributed by atoms with E-state index in [4.69, 9.17) is 4.52 Å². The van der Waals surface area contributed by atoms with Crippen molar-refractivity contribution in [2.75, 3.05) is 0 Å². The molecule has 3 rings (SSSR count). The third-order valence-corrected chi connectivity index (χ3v) is 3.16. The normalized spacial score (nSPS) is 11.8. The second-order valence-electron chi connectivity index (χ2n) is 4.90. The summed E-state index contributed by atoms with van der Waals surface area (Å²) in [5.41, 5.74) is -0.394. The lowest BCUT2D eigenvalue weighted by atomic mass is 10.1. The number of alkyl halides is 3. The summed E-state index contributed by atoms with van der Waals surface area (Å²) in [4.78, 5) is 18.6. The molecule has 6 nitrogen and oxygen atoms in total. The van der Waals surface area contributed by atoms with Gasteiger partial charge in [0.05, 0.1) is 12.1 Å². The molecule has 2 heterocycles. The molecular formula is C14H11F3N4O2. The first-order chi connectivity index (χ1) is 10.8. The molecule has 2 aromatic heterocycles. The smallest absolute Gasteiger partial charge is 0.351 e. The van der Waals surface area contributed by atoms with Crippen LogP contribution in [0.5, 0.6) is 0 Å². The summed E-state index contributed by atoms with van der Waals surface area (Å²) in [6.07, 6.45) is -4.43. The SMILES string of the molecule is Cc1noc(CNC(=O)c2cc3ccc(C(F)(F)F)cc3[nH]2)n1. The van der Waals surface area contributed by atoms with Crippen LogP contribution in [0.15, 0.2) is 28.8 Å². The third-order valence-electron chi connectivity index (χ3n) is 3.16. The van der Waals surface area contributed by atoms with Crippen LogP contribution in [0, 0.1) is 6.92 Å². The number of nitrogens with zero attached hydrogens (tertiary/aromatic N) is 2. The molecule has 0 aliphatic heterocycles. The van der Waals surface area contributed by atoms with Crippen LogP contribution in [-0.4, -0.2) is 21.0 Å². The summed E-state index contributed by atoms with van der Waals surface area (Å²) in [7, 11) is 0. The molecule has 0 radical (unpaired) electrons. The van der Waals surface area contributed by atoms with Gasteiger partial charge in [-0.05, 0) is 25.1 Å². The minimum absolute atomic E-state index is 0.0306. The second kappa shape index (κ2) is 5.41. The lowest BCUT2D eigenvalue weighted by Crippen LogP contribution is -2.23. The topological polar surface area (TPSA) is 83.8 Å². The van der Waals surface area contributed by atoms with Crippen LogP contribution in [0.1, 0.15) is 27.8 Å². The first-order valence-electron chi connectivity index (χ1n) is 6.60. The van der Waals surface area contributed by atoms with Crippen LogP contribution in [0.4, 0.5) is 13.2 Å². The highest BCUT2D eigenvalue weighted by molar-refractivity contribution is 5.98. The van der Waals surface area contributed by atoms with Gasteiger partial charge in [-0.3, -0.25) is 4.79 Å². The Balaban J connectivity index is 1.78. The van der Waals surface area contributed by atoms with Gasteiger partial charge in [0.2, 0.25) is 5.89 Å². The number of carbonyl (C=O) groups is 1. The van der Waals surface area contributed by atoms with Gasteiger partial charge in [0.25, 0.3) is 5.91 Å². The average Bonchev–Trinajstić information content (AvgIpc) is 3.08. The Morgan fingerprint density at radius 3 is 2.78 bits per heavy atom. The van der Waals surface area contributed by atoms with Gasteiger partial charge in [-0.1, -0.05) is 11.2 Å². The molecule has 1 amide bonds. The molecule has 0 unspecified atom stereocenters. The number of H-pyrrole nitrogens is 1. The Bertz CT molecular complexity index is 866. The fourth-order valence-corrected chi connectivity index (χ4v) is 2.09. The molecule has 9 heteroatoms. The predicted molar refractivity (Wildman–Crippen MR) is 73.5 cm³/mol. The molecule has 2 N–H and O–H groups in total. The van der Waals surface area contributed by atoms with E-state index in [1.807, 2.05) is 0 Å². The molecule has 3 aromatic rings. The largest absolute Gasteiger partial charge is 0.416 e. The van der Waals surface area contributed by atoms with E-state index in [0.29, 0.717) is 11.2 Å². The van der Waals surface area contributed by atoms with Gasteiger partial charge in [0, 0.05) is 10.9 Å². The lowest BCUT2D eigenvalue weighted by Gasteiger charge is -2.05. The number of benzene rings is 1. The Morgan fingerprint density at radius 2 is 2.13 bits per heavy atom. The number of rotatable bonds is 3. The van der Waals surface area contributed by atoms with Crippen LogP contribution >= 0.6 is 0 Å². The maximum absolute atomic E-state index is 12.7. The van der Waals surface area contributed by atoms with Crippen LogP contribution in [0.3, 0.4) is 0 Å². The summed E-state index contributed by atoms with van der Waals surface area (Å²) in [5.74, 6) is 0.205. The van der Waals surface area contributed by atoms with E-state index in [1.54, 1.807) is 6.92 Å². The Morgan fingerprint density at radius 1 is 1.35 bits per heavy atom. The van der Waals surface area contributed by atoms with Crippen molar-refractivity contribution >= 4 is 16.8 Å². The van der Waals surface area contributed by atoms with E-state index < -0.39 is 17.6 Å². The highest BCUT2D eigenvalue weighted by Gasteiger charge is 2.30. The van der Waals surface area contributed by atoms with Crippen molar-refractivity contribution in [3.63, 3.8) is 0 Å². The van der Waals surface area contributed by atoms with E-state index in [-0.39, 0.29) is 23.6 Å². The molecule has 0 fully saturated rings. The van der Waals surface area contributed by atoms with Gasteiger partial charge in [0.1, 0.15) is 5.69 Å². The number of aryl methyl sites for hydroxylation is 1. The zero-order valence-corrected chi connectivity index (χ0v) is 11.9. The molecule has 23 heavy (non-hydrogen) atoms. The summed E-state index contributed by atoms with van der Waals surface area (Å²) in [6.45, 7) is 1.67. The summed E-state index contributed by atoms with van der Waals surface area (Å²) < 4.78 is 42.9. The second-order valence-corrected chi connectivity index (χ2v) is 4.90. The van der Waals surface area contributed by atoms with E-state index >= 15 is 0 Å². The number of halogens is 3. The van der Waals surface area contributed by atoms with Crippen LogP contribution < -0.4 is 5.32 Å². The van der Waals surface area contributed by atoms with Crippen molar-refractivity contribution in [3.8, 4) is 0 Å². The van der Waals surface area contributed by atoms with Crippen LogP contribution in [0.25, 0.3) is 10.9 Å². The van der Waals surface area contributed by atoms with E-state index in [9.17, 15) is 18.0 Å². The molecule has 1 aromatic carbocycles. The number of nitrogens with one attached hydrogen (secondary N) is 2. The first kappa shape index (κ1) is 15.1. The quantitative estimate of drug-likeness (QED) is 0.776. The molecule has 0 spiro atoms. The zero-order chi connectivity index (χ0) is 16.6. The standard InChI is InChI=1S/C14H11F3N4O2/c1-7-19-12(23-21-7)6-18-13(22)11-4-8-2-3-9(14(15,16)17)5-10(8)20-11/h2-5,20H,6H2,1H3,(H,18,22). The maximum atomic E-state index is 12.7. The van der Waals surface area contributed by atoms with E-state index in [1.165, 1.54) is 12.1 Å². The minimum Gasteiger partial charge on any atom is -0.351 e. The number of hydrogen-bond acceptors (Lipinski definition) is 4. The summed E-state index contributed by atoms with van der Waals surface area (Å²) >= 11 is 0. The zero-order valence-electron chi connectivity index (χ0n) is 11.9. The Labute approximate surface area is 127 Å². The van der Waals surface area contributed by atoms with Crippen LogP contribution in [0.2, 0.25) is 0 Å². The average molecular weight is 324 g/mol. The van der Waals surface area contributed by atoms with Crippen molar-refractivity contribution in [1.29, 1.82) is 0 Å². The van der Waals surface area contributed by atoms with Crippen molar-refractivity contribution in [2.24, 2.45) is 0 Å². The molecule has 0 bridgehead atoms. The predicted octanol–water partition coefficient (Wildman–Crippen LogP) is 2.81. The fourth-order valence-electron chi connectivity index (χ4n) is 2.09. The summed E-state index contributed by atoms with van der Waals surface area (Å²) in [5, 5.41) is 6.64. The maximum Gasteiger partial charge on any atom is 0.416 e. The van der Waals surface area contributed by atoms with Crippen LogP contribution in [-0.2, 0) is 12.7 Å². The van der Waals surface area contributed by atoms with E-state index in [0.717, 1.165) is 12.1 Å². The molecule has 0 saturated heterocycles.